The molecule has 0 aromatic heterocycles. The molecule has 1 heterocycles. The van der Waals surface area contributed by atoms with Crippen molar-refractivity contribution in [2.45, 2.75) is 38.9 Å². The Morgan fingerprint density at radius 1 is 0.903 bits per heavy atom. The molecule has 164 valence electrons. The largest absolute Gasteiger partial charge is 0.445 e. The summed E-state index contributed by atoms with van der Waals surface area (Å²) in [5, 5.41) is 3.03. The van der Waals surface area contributed by atoms with Crippen molar-refractivity contribution >= 4 is 17.7 Å². The van der Waals surface area contributed by atoms with Gasteiger partial charge >= 0.3 is 6.09 Å². The second-order valence-corrected chi connectivity index (χ2v) is 8.45. The van der Waals surface area contributed by atoms with Gasteiger partial charge in [-0.2, -0.15) is 0 Å². The molecule has 4 rings (SSSR count). The molecular formula is C25H30N2O4. The van der Waals surface area contributed by atoms with Crippen molar-refractivity contribution in [2.75, 3.05) is 25.0 Å². The summed E-state index contributed by atoms with van der Waals surface area (Å²) in [6, 6.07) is 17.5. The Kier molecular flexibility index (Phi) is 7.20. The van der Waals surface area contributed by atoms with E-state index >= 15 is 0 Å². The highest BCUT2D eigenvalue weighted by atomic mass is 16.6. The molecule has 1 N–H and O–H groups in total. The van der Waals surface area contributed by atoms with E-state index in [1.54, 1.807) is 4.90 Å². The summed E-state index contributed by atoms with van der Waals surface area (Å²) in [5.74, 6) is 0.644. The van der Waals surface area contributed by atoms with Gasteiger partial charge in [-0.15, -0.1) is 0 Å². The van der Waals surface area contributed by atoms with Crippen molar-refractivity contribution in [3.05, 3.63) is 65.7 Å². The lowest BCUT2D eigenvalue weighted by Gasteiger charge is -2.30. The van der Waals surface area contributed by atoms with Crippen LogP contribution in [0.15, 0.2) is 54.6 Å². The first-order chi connectivity index (χ1) is 15.2. The Bertz CT molecular complexity index is 874. The molecule has 6 nitrogen and oxygen atoms in total. The fraction of sp³-hybridized carbons (Fsp3) is 0.440. The molecule has 2 amide bonds. The maximum absolute atomic E-state index is 12.7. The number of rotatable bonds is 8. The second-order valence-electron chi connectivity index (χ2n) is 8.45. The minimum atomic E-state index is -0.318. The molecule has 0 unspecified atom stereocenters. The number of hydrogen-bond donors (Lipinski definition) is 1. The number of hydrogen-bond acceptors (Lipinski definition) is 4. The van der Waals surface area contributed by atoms with Crippen LogP contribution in [0.5, 0.6) is 0 Å². The average Bonchev–Trinajstić information content (AvgIpc) is 3.63. The van der Waals surface area contributed by atoms with Gasteiger partial charge in [0.2, 0.25) is 5.91 Å². The van der Waals surface area contributed by atoms with Gasteiger partial charge in [-0.3, -0.25) is 4.79 Å². The Morgan fingerprint density at radius 3 is 2.39 bits per heavy atom. The number of nitrogens with zero attached hydrogens (tertiary/aromatic N) is 1. The molecule has 0 spiro atoms. The van der Waals surface area contributed by atoms with E-state index in [-0.39, 0.29) is 24.5 Å². The molecule has 6 heteroatoms. The zero-order valence-corrected chi connectivity index (χ0v) is 17.8. The number of amides is 2. The fourth-order valence-corrected chi connectivity index (χ4v) is 3.75. The van der Waals surface area contributed by atoms with Crippen molar-refractivity contribution in [2.24, 2.45) is 11.8 Å². The van der Waals surface area contributed by atoms with E-state index in [9.17, 15) is 9.59 Å². The monoisotopic (exact) mass is 422 g/mol. The highest BCUT2D eigenvalue weighted by molar-refractivity contribution is 5.92. The number of likely N-dealkylation sites (tertiary alicyclic amines) is 1. The number of nitrogens with one attached hydrogen (secondary N) is 1. The predicted octanol–water partition coefficient (Wildman–Crippen LogP) is 4.60. The Balaban J connectivity index is 1.19. The van der Waals surface area contributed by atoms with E-state index in [0.29, 0.717) is 32.5 Å². The summed E-state index contributed by atoms with van der Waals surface area (Å²) in [6.45, 7) is 2.72. The summed E-state index contributed by atoms with van der Waals surface area (Å²) in [7, 11) is 0. The molecule has 1 aliphatic heterocycles. The number of ether oxygens (including phenoxy) is 2. The van der Waals surface area contributed by atoms with Crippen LogP contribution < -0.4 is 5.32 Å². The highest BCUT2D eigenvalue weighted by Crippen LogP contribution is 2.29. The summed E-state index contributed by atoms with van der Waals surface area (Å²) in [4.78, 5) is 26.7. The molecule has 1 saturated carbocycles. The van der Waals surface area contributed by atoms with Gasteiger partial charge in [0.25, 0.3) is 0 Å². The zero-order chi connectivity index (χ0) is 21.5. The normalized spacial score (nSPS) is 16.7. The number of anilines is 1. The molecule has 31 heavy (non-hydrogen) atoms. The van der Waals surface area contributed by atoms with Gasteiger partial charge < -0.3 is 19.7 Å². The van der Waals surface area contributed by atoms with Crippen LogP contribution in [0.3, 0.4) is 0 Å². The molecule has 0 bridgehead atoms. The van der Waals surface area contributed by atoms with Gasteiger partial charge in [-0.05, 0) is 54.9 Å². The summed E-state index contributed by atoms with van der Waals surface area (Å²) in [5.41, 5.74) is 2.82. The molecule has 2 aliphatic rings. The first-order valence-electron chi connectivity index (χ1n) is 11.1. The zero-order valence-electron chi connectivity index (χ0n) is 17.8. The van der Waals surface area contributed by atoms with Crippen LogP contribution in [0.2, 0.25) is 0 Å². The summed E-state index contributed by atoms with van der Waals surface area (Å²) >= 11 is 0. The van der Waals surface area contributed by atoms with Gasteiger partial charge in [-0.25, -0.2) is 4.79 Å². The Hall–Kier alpha value is -2.86. The van der Waals surface area contributed by atoms with E-state index in [4.69, 9.17) is 9.47 Å². The molecule has 1 saturated heterocycles. The molecule has 2 aromatic rings. The summed E-state index contributed by atoms with van der Waals surface area (Å²) in [6.07, 6.45) is 3.51. The smallest absolute Gasteiger partial charge is 0.410 e. The first-order valence-corrected chi connectivity index (χ1v) is 11.1. The van der Waals surface area contributed by atoms with E-state index in [1.165, 1.54) is 12.8 Å². The Morgan fingerprint density at radius 2 is 1.65 bits per heavy atom. The lowest BCUT2D eigenvalue weighted by molar-refractivity contribution is -0.121. The van der Waals surface area contributed by atoms with Gasteiger partial charge in [0.1, 0.15) is 6.61 Å². The van der Waals surface area contributed by atoms with Gasteiger partial charge in [0.15, 0.2) is 0 Å². The second kappa shape index (κ2) is 10.4. The maximum Gasteiger partial charge on any atom is 0.410 e. The van der Waals surface area contributed by atoms with E-state index in [1.807, 2.05) is 54.6 Å². The highest BCUT2D eigenvalue weighted by Gasteiger charge is 2.28. The number of carbonyl (C=O) groups excluding carboxylic acids is 2. The SMILES string of the molecule is O=C(Nc1cccc(COCC2CC2)c1)C1CCN(C(=O)OCc2ccccc2)CC1. The number of benzene rings is 2. The molecule has 0 radical (unpaired) electrons. The quantitative estimate of drug-likeness (QED) is 0.675. The van der Waals surface area contributed by atoms with Crippen LogP contribution in [0, 0.1) is 11.8 Å². The van der Waals surface area contributed by atoms with Crippen LogP contribution in [-0.2, 0) is 27.5 Å². The van der Waals surface area contributed by atoms with Crippen LogP contribution >= 0.6 is 0 Å². The topological polar surface area (TPSA) is 67.9 Å². The predicted molar refractivity (Wildman–Crippen MR) is 118 cm³/mol. The number of piperidine rings is 1. The number of carbonyl (C=O) groups is 2. The van der Waals surface area contributed by atoms with Gasteiger partial charge in [0, 0.05) is 31.3 Å². The third kappa shape index (κ3) is 6.56. The average molecular weight is 423 g/mol. The Labute approximate surface area is 183 Å². The molecule has 2 aromatic carbocycles. The minimum Gasteiger partial charge on any atom is -0.445 e. The lowest BCUT2D eigenvalue weighted by atomic mass is 9.96. The van der Waals surface area contributed by atoms with E-state index in [0.717, 1.165) is 29.3 Å². The van der Waals surface area contributed by atoms with Gasteiger partial charge in [0.05, 0.1) is 6.61 Å². The lowest BCUT2D eigenvalue weighted by Crippen LogP contribution is -2.41. The van der Waals surface area contributed by atoms with Crippen molar-refractivity contribution in [1.82, 2.24) is 4.90 Å². The fourth-order valence-electron chi connectivity index (χ4n) is 3.75. The van der Waals surface area contributed by atoms with Crippen LogP contribution in [0.1, 0.15) is 36.8 Å². The van der Waals surface area contributed by atoms with Crippen molar-refractivity contribution in [1.29, 1.82) is 0 Å². The molecule has 1 aliphatic carbocycles. The van der Waals surface area contributed by atoms with E-state index < -0.39 is 0 Å². The van der Waals surface area contributed by atoms with Gasteiger partial charge in [-0.1, -0.05) is 42.5 Å². The maximum atomic E-state index is 12.7. The van der Waals surface area contributed by atoms with Crippen LogP contribution in [-0.4, -0.2) is 36.6 Å². The molecular weight excluding hydrogens is 392 g/mol. The van der Waals surface area contributed by atoms with Crippen LogP contribution in [0.25, 0.3) is 0 Å². The van der Waals surface area contributed by atoms with Crippen molar-refractivity contribution < 1.29 is 19.1 Å². The van der Waals surface area contributed by atoms with Crippen molar-refractivity contribution in [3.63, 3.8) is 0 Å². The molecule has 0 atom stereocenters. The third-order valence-electron chi connectivity index (χ3n) is 5.84. The molecule has 2 fully saturated rings. The standard InChI is InChI=1S/C25H30N2O4/c28-24(26-23-8-4-7-21(15-23)17-30-16-20-9-10-20)22-11-13-27(14-12-22)25(29)31-18-19-5-2-1-3-6-19/h1-8,15,20,22H,9-14,16-18H2,(H,26,28). The summed E-state index contributed by atoms with van der Waals surface area (Å²) < 4.78 is 11.1. The minimum absolute atomic E-state index is 0.00773. The third-order valence-corrected chi connectivity index (χ3v) is 5.84. The van der Waals surface area contributed by atoms with Crippen LogP contribution in [0.4, 0.5) is 10.5 Å². The first kappa shape index (κ1) is 21.4. The van der Waals surface area contributed by atoms with E-state index in [2.05, 4.69) is 5.32 Å². The van der Waals surface area contributed by atoms with Crippen molar-refractivity contribution in [3.8, 4) is 0 Å².